The molecule has 2 aromatic rings. The van der Waals surface area contributed by atoms with Crippen LogP contribution in [0.5, 0.6) is 5.75 Å². The van der Waals surface area contributed by atoms with Crippen LogP contribution in [0.1, 0.15) is 17.7 Å². The fourth-order valence-corrected chi connectivity index (χ4v) is 2.94. The average Bonchev–Trinajstić information content (AvgIpc) is 2.90. The number of nitrogens with one attached hydrogen (secondary N) is 1. The molecule has 1 aromatic heterocycles. The summed E-state index contributed by atoms with van der Waals surface area (Å²) < 4.78 is 6.09. The molecule has 122 valence electrons. The molecule has 1 amide bonds. The van der Waals surface area contributed by atoms with Gasteiger partial charge in [0.05, 0.1) is 17.4 Å². The highest BCUT2D eigenvalue weighted by molar-refractivity contribution is 7.16. The molecule has 0 unspecified atom stereocenters. The third-order valence-electron chi connectivity index (χ3n) is 2.91. The molecule has 0 bridgehead atoms. The lowest BCUT2D eigenvalue weighted by Gasteiger charge is -2.07. The van der Waals surface area contributed by atoms with Gasteiger partial charge in [-0.05, 0) is 42.8 Å². The summed E-state index contributed by atoms with van der Waals surface area (Å²) in [5.41, 5.74) is 0.676. The number of hydrogen-bond acceptors (Lipinski definition) is 4. The largest absolute Gasteiger partial charge is 0.494 e. The van der Waals surface area contributed by atoms with E-state index in [1.165, 1.54) is 11.3 Å². The summed E-state index contributed by atoms with van der Waals surface area (Å²) in [6, 6.07) is 10.6. The number of benzene rings is 1. The second-order valence-corrected chi connectivity index (χ2v) is 6.60. The number of halogens is 1. The van der Waals surface area contributed by atoms with E-state index in [0.717, 1.165) is 4.88 Å². The predicted molar refractivity (Wildman–Crippen MR) is 90.5 cm³/mol. The zero-order chi connectivity index (χ0) is 16.7. The molecule has 0 spiro atoms. The number of anilines is 1. The van der Waals surface area contributed by atoms with Crippen LogP contribution in [0.15, 0.2) is 36.4 Å². The first kappa shape index (κ1) is 17.3. The molecule has 23 heavy (non-hydrogen) atoms. The molecule has 1 aromatic carbocycles. The second kappa shape index (κ2) is 8.55. The molecule has 0 aliphatic rings. The fraction of sp³-hybridized carbons (Fsp3) is 0.250. The lowest BCUT2D eigenvalue weighted by atomic mass is 10.2. The number of aliphatic carboxylic acids is 1. The Morgan fingerprint density at radius 3 is 2.52 bits per heavy atom. The van der Waals surface area contributed by atoms with E-state index >= 15 is 0 Å². The highest BCUT2D eigenvalue weighted by atomic mass is 35.5. The summed E-state index contributed by atoms with van der Waals surface area (Å²) in [5.74, 6) is -0.309. The van der Waals surface area contributed by atoms with Crippen LogP contribution in [0.25, 0.3) is 0 Å². The minimum Gasteiger partial charge on any atom is -0.494 e. The van der Waals surface area contributed by atoms with Gasteiger partial charge in [-0.15, -0.1) is 11.3 Å². The maximum Gasteiger partial charge on any atom is 0.303 e. The van der Waals surface area contributed by atoms with Crippen molar-refractivity contribution in [3.8, 4) is 5.75 Å². The molecule has 0 radical (unpaired) electrons. The van der Waals surface area contributed by atoms with E-state index in [0.29, 0.717) is 28.8 Å². The van der Waals surface area contributed by atoms with Crippen LogP contribution in [-0.2, 0) is 16.0 Å². The summed E-state index contributed by atoms with van der Waals surface area (Å²) in [6.07, 6.45) is 0.822. The number of hydrogen-bond donors (Lipinski definition) is 2. The molecule has 2 N–H and O–H groups in total. The smallest absolute Gasteiger partial charge is 0.303 e. The van der Waals surface area contributed by atoms with Crippen molar-refractivity contribution in [3.63, 3.8) is 0 Å². The zero-order valence-corrected chi connectivity index (χ0v) is 13.8. The maximum atomic E-state index is 11.9. The van der Waals surface area contributed by atoms with Gasteiger partial charge in [0, 0.05) is 17.0 Å². The number of rotatable bonds is 8. The number of carboxylic acids is 1. The van der Waals surface area contributed by atoms with Crippen molar-refractivity contribution in [2.75, 3.05) is 11.9 Å². The number of ether oxygens (including phenoxy) is 1. The first-order valence-electron chi connectivity index (χ1n) is 7.01. The van der Waals surface area contributed by atoms with E-state index in [4.69, 9.17) is 21.4 Å². The molecule has 5 nitrogen and oxygen atoms in total. The van der Waals surface area contributed by atoms with Gasteiger partial charge in [-0.25, -0.2) is 0 Å². The SMILES string of the molecule is O=C(O)CCCOc1ccc(NC(=O)Cc2ccc(Cl)s2)cc1. The van der Waals surface area contributed by atoms with E-state index in [9.17, 15) is 9.59 Å². The molecule has 0 aliphatic heterocycles. The Labute approximate surface area is 142 Å². The Kier molecular flexibility index (Phi) is 6.43. The average molecular weight is 354 g/mol. The quantitative estimate of drug-likeness (QED) is 0.707. The van der Waals surface area contributed by atoms with Gasteiger partial charge in [-0.1, -0.05) is 11.6 Å². The summed E-state index contributed by atoms with van der Waals surface area (Å²) >= 11 is 7.22. The van der Waals surface area contributed by atoms with Crippen molar-refractivity contribution in [1.82, 2.24) is 0 Å². The van der Waals surface area contributed by atoms with Crippen LogP contribution in [0.2, 0.25) is 4.34 Å². The Bertz CT molecular complexity index is 669. The molecule has 0 aliphatic carbocycles. The van der Waals surface area contributed by atoms with Gasteiger partial charge in [-0.2, -0.15) is 0 Å². The molecule has 0 atom stereocenters. The Balaban J connectivity index is 1.77. The van der Waals surface area contributed by atoms with Gasteiger partial charge in [0.15, 0.2) is 0 Å². The number of carbonyl (C=O) groups excluding carboxylic acids is 1. The lowest BCUT2D eigenvalue weighted by Crippen LogP contribution is -2.13. The van der Waals surface area contributed by atoms with Gasteiger partial charge in [0.1, 0.15) is 5.75 Å². The van der Waals surface area contributed by atoms with Crippen molar-refractivity contribution >= 4 is 40.5 Å². The van der Waals surface area contributed by atoms with Gasteiger partial charge in [-0.3, -0.25) is 9.59 Å². The Hall–Kier alpha value is -2.05. The van der Waals surface area contributed by atoms with Crippen LogP contribution < -0.4 is 10.1 Å². The van der Waals surface area contributed by atoms with Crippen molar-refractivity contribution in [2.45, 2.75) is 19.3 Å². The summed E-state index contributed by atoms with van der Waals surface area (Å²) in [4.78, 5) is 23.2. The topological polar surface area (TPSA) is 75.6 Å². The van der Waals surface area contributed by atoms with E-state index in [2.05, 4.69) is 5.32 Å². The molecular formula is C16H16ClNO4S. The molecule has 2 rings (SSSR count). The van der Waals surface area contributed by atoms with Crippen molar-refractivity contribution in [1.29, 1.82) is 0 Å². The standard InChI is InChI=1S/C16H16ClNO4S/c17-14-8-7-13(23-14)10-15(19)18-11-3-5-12(6-4-11)22-9-1-2-16(20)21/h3-8H,1-2,9-10H2,(H,18,19)(H,20,21). The number of amides is 1. The van der Waals surface area contributed by atoms with E-state index < -0.39 is 5.97 Å². The molecule has 1 heterocycles. The highest BCUT2D eigenvalue weighted by Gasteiger charge is 2.06. The monoisotopic (exact) mass is 353 g/mol. The zero-order valence-electron chi connectivity index (χ0n) is 12.3. The van der Waals surface area contributed by atoms with Crippen molar-refractivity contribution in [3.05, 3.63) is 45.6 Å². The lowest BCUT2D eigenvalue weighted by molar-refractivity contribution is -0.137. The number of carboxylic acid groups (broad SMARTS) is 1. The minimum atomic E-state index is -0.835. The van der Waals surface area contributed by atoms with Gasteiger partial charge in [0.2, 0.25) is 5.91 Å². The summed E-state index contributed by atoms with van der Waals surface area (Å²) in [5, 5.41) is 11.3. The van der Waals surface area contributed by atoms with Crippen LogP contribution in [0.3, 0.4) is 0 Å². The third-order valence-corrected chi connectivity index (χ3v) is 4.14. The Morgan fingerprint density at radius 2 is 1.91 bits per heavy atom. The molecule has 7 heteroatoms. The third kappa shape index (κ3) is 6.30. The van der Waals surface area contributed by atoms with Crippen LogP contribution >= 0.6 is 22.9 Å². The van der Waals surface area contributed by atoms with E-state index in [-0.39, 0.29) is 18.7 Å². The predicted octanol–water partition coefficient (Wildman–Crippen LogP) is 3.83. The van der Waals surface area contributed by atoms with Gasteiger partial charge < -0.3 is 15.2 Å². The van der Waals surface area contributed by atoms with Crippen LogP contribution in [-0.4, -0.2) is 23.6 Å². The first-order chi connectivity index (χ1) is 11.0. The van der Waals surface area contributed by atoms with Crippen molar-refractivity contribution in [2.24, 2.45) is 0 Å². The Morgan fingerprint density at radius 1 is 1.17 bits per heavy atom. The second-order valence-electron chi connectivity index (χ2n) is 4.80. The normalized spacial score (nSPS) is 10.3. The minimum absolute atomic E-state index is 0.0842. The molecule has 0 fully saturated rings. The fourth-order valence-electron chi connectivity index (χ4n) is 1.86. The van der Waals surface area contributed by atoms with Gasteiger partial charge >= 0.3 is 5.97 Å². The number of carbonyl (C=O) groups is 2. The first-order valence-corrected chi connectivity index (χ1v) is 8.21. The molecule has 0 saturated heterocycles. The van der Waals surface area contributed by atoms with E-state index in [1.54, 1.807) is 30.3 Å². The van der Waals surface area contributed by atoms with Crippen molar-refractivity contribution < 1.29 is 19.4 Å². The van der Waals surface area contributed by atoms with Gasteiger partial charge in [0.25, 0.3) is 0 Å². The number of thiophene rings is 1. The summed E-state index contributed by atoms with van der Waals surface area (Å²) in [7, 11) is 0. The highest BCUT2D eigenvalue weighted by Crippen LogP contribution is 2.22. The summed E-state index contributed by atoms with van der Waals surface area (Å²) in [6.45, 7) is 0.344. The van der Waals surface area contributed by atoms with Crippen LogP contribution in [0, 0.1) is 0 Å². The molecule has 0 saturated carbocycles. The maximum absolute atomic E-state index is 11.9. The molecular weight excluding hydrogens is 338 g/mol. The van der Waals surface area contributed by atoms with Crippen LogP contribution in [0.4, 0.5) is 5.69 Å². The van der Waals surface area contributed by atoms with E-state index in [1.807, 2.05) is 6.07 Å².